The van der Waals surface area contributed by atoms with Gasteiger partial charge in [0, 0.05) is 13.1 Å². The number of halogens is 1. The molecule has 0 heterocycles. The maximum absolute atomic E-state index is 9.43. The van der Waals surface area contributed by atoms with Gasteiger partial charge in [-0.2, -0.15) is 0 Å². The van der Waals surface area contributed by atoms with Crippen LogP contribution in [0.3, 0.4) is 0 Å². The Kier molecular flexibility index (Phi) is 12.1. The van der Waals surface area contributed by atoms with E-state index in [1.165, 1.54) is 25.7 Å². The van der Waals surface area contributed by atoms with Crippen molar-refractivity contribution in [3.05, 3.63) is 29.8 Å². The number of unbranched alkanes of at least 4 members (excludes halogenated alkanes) is 3. The highest BCUT2D eigenvalue weighted by molar-refractivity contribution is 14.0. The average molecular weight is 405 g/mol. The number of aromatic hydroxyl groups is 1. The fraction of sp³-hybridized carbons (Fsp3) is 0.562. The van der Waals surface area contributed by atoms with Crippen LogP contribution in [0.5, 0.6) is 5.75 Å². The zero-order valence-electron chi connectivity index (χ0n) is 13.1. The summed E-state index contributed by atoms with van der Waals surface area (Å²) in [4.78, 5) is 4.53. The lowest BCUT2D eigenvalue weighted by Gasteiger charge is -2.11. The maximum Gasteiger partial charge on any atom is 0.191 e. The van der Waals surface area contributed by atoms with Crippen LogP contribution in [-0.4, -0.2) is 24.2 Å². The summed E-state index contributed by atoms with van der Waals surface area (Å²) in [5, 5.41) is 16.0. The molecule has 5 heteroatoms. The number of rotatable bonds is 8. The highest BCUT2D eigenvalue weighted by atomic mass is 127. The molecule has 0 aromatic heterocycles. The van der Waals surface area contributed by atoms with Crippen molar-refractivity contribution in [3.8, 4) is 5.75 Å². The van der Waals surface area contributed by atoms with Crippen molar-refractivity contribution < 1.29 is 5.11 Å². The maximum atomic E-state index is 9.43. The largest absolute Gasteiger partial charge is 0.508 e. The van der Waals surface area contributed by atoms with Crippen LogP contribution in [0.4, 0.5) is 0 Å². The second-order valence-corrected chi connectivity index (χ2v) is 4.85. The number of phenolic OH excluding ortho intramolecular Hbond substituents is 1. The van der Waals surface area contributed by atoms with E-state index in [1.54, 1.807) is 12.1 Å². The lowest BCUT2D eigenvalue weighted by Crippen LogP contribution is -2.37. The number of guanidine groups is 1. The number of hydrogen-bond donors (Lipinski definition) is 3. The van der Waals surface area contributed by atoms with Gasteiger partial charge in [-0.25, -0.2) is 4.99 Å². The minimum absolute atomic E-state index is 0. The summed E-state index contributed by atoms with van der Waals surface area (Å²) in [7, 11) is 0. The Morgan fingerprint density at radius 1 is 1.14 bits per heavy atom. The number of phenols is 1. The Bertz CT molecular complexity index is 410. The average Bonchev–Trinajstić information content (AvgIpc) is 2.44. The van der Waals surface area contributed by atoms with Gasteiger partial charge in [0.05, 0.1) is 6.54 Å². The monoisotopic (exact) mass is 405 g/mol. The lowest BCUT2D eigenvalue weighted by molar-refractivity contribution is 0.474. The molecule has 0 bridgehead atoms. The van der Waals surface area contributed by atoms with Crippen LogP contribution in [0, 0.1) is 0 Å². The third-order valence-electron chi connectivity index (χ3n) is 3.00. The number of aliphatic imine (C=N–C) groups is 1. The van der Waals surface area contributed by atoms with Gasteiger partial charge >= 0.3 is 0 Å². The second-order valence-electron chi connectivity index (χ2n) is 4.85. The van der Waals surface area contributed by atoms with E-state index in [1.807, 2.05) is 12.1 Å². The molecule has 120 valence electrons. The van der Waals surface area contributed by atoms with Crippen molar-refractivity contribution in [2.24, 2.45) is 4.99 Å². The number of nitrogens with zero attached hydrogens (tertiary/aromatic N) is 1. The summed E-state index contributed by atoms with van der Waals surface area (Å²) in [6.07, 6.45) is 4.98. The summed E-state index contributed by atoms with van der Waals surface area (Å²) < 4.78 is 0. The highest BCUT2D eigenvalue weighted by Gasteiger charge is 1.98. The molecule has 0 radical (unpaired) electrons. The molecule has 4 nitrogen and oxygen atoms in total. The molecule has 0 aliphatic carbocycles. The molecule has 0 spiro atoms. The first-order valence-electron chi connectivity index (χ1n) is 7.56. The standard InChI is InChI=1S/C16H27N3O.HI/c1-3-5-6-7-11-18-16(17-4-2)19-13-14-9-8-10-15(20)12-14;/h8-10,12,20H,3-7,11,13H2,1-2H3,(H2,17,18,19);1H. The van der Waals surface area contributed by atoms with E-state index in [2.05, 4.69) is 29.5 Å². The van der Waals surface area contributed by atoms with E-state index in [4.69, 9.17) is 0 Å². The Balaban J connectivity index is 0.00000400. The van der Waals surface area contributed by atoms with Crippen molar-refractivity contribution in [2.75, 3.05) is 13.1 Å². The Hall–Kier alpha value is -0.980. The van der Waals surface area contributed by atoms with Gasteiger partial charge in [0.25, 0.3) is 0 Å². The predicted molar refractivity (Wildman–Crippen MR) is 100 cm³/mol. The van der Waals surface area contributed by atoms with Crippen molar-refractivity contribution in [1.82, 2.24) is 10.6 Å². The molecule has 0 saturated heterocycles. The molecule has 21 heavy (non-hydrogen) atoms. The van der Waals surface area contributed by atoms with Crippen LogP contribution in [0.2, 0.25) is 0 Å². The molecule has 0 aliphatic rings. The molecule has 1 aromatic rings. The van der Waals surface area contributed by atoms with Gasteiger partial charge in [0.15, 0.2) is 5.96 Å². The number of nitrogens with one attached hydrogen (secondary N) is 2. The van der Waals surface area contributed by atoms with E-state index in [-0.39, 0.29) is 29.7 Å². The smallest absolute Gasteiger partial charge is 0.191 e. The van der Waals surface area contributed by atoms with E-state index in [9.17, 15) is 5.11 Å². The zero-order valence-corrected chi connectivity index (χ0v) is 15.4. The fourth-order valence-electron chi connectivity index (χ4n) is 1.93. The fourth-order valence-corrected chi connectivity index (χ4v) is 1.93. The van der Waals surface area contributed by atoms with Crippen molar-refractivity contribution in [1.29, 1.82) is 0 Å². The minimum Gasteiger partial charge on any atom is -0.508 e. The molecule has 0 aliphatic heterocycles. The molecule has 1 rings (SSSR count). The summed E-state index contributed by atoms with van der Waals surface area (Å²) in [6, 6.07) is 7.22. The van der Waals surface area contributed by atoms with Gasteiger partial charge < -0.3 is 15.7 Å². The zero-order chi connectivity index (χ0) is 14.6. The molecule has 1 aromatic carbocycles. The number of benzene rings is 1. The Labute approximate surface area is 145 Å². The quantitative estimate of drug-likeness (QED) is 0.268. The summed E-state index contributed by atoms with van der Waals surface area (Å²) in [5.41, 5.74) is 1.01. The van der Waals surface area contributed by atoms with Crippen LogP contribution >= 0.6 is 24.0 Å². The minimum atomic E-state index is 0. The van der Waals surface area contributed by atoms with Gasteiger partial charge in [0.1, 0.15) is 5.75 Å². The Morgan fingerprint density at radius 3 is 2.62 bits per heavy atom. The van der Waals surface area contributed by atoms with Crippen molar-refractivity contribution in [3.63, 3.8) is 0 Å². The van der Waals surface area contributed by atoms with Gasteiger partial charge in [-0.1, -0.05) is 38.3 Å². The summed E-state index contributed by atoms with van der Waals surface area (Å²) in [5.74, 6) is 1.13. The first-order valence-corrected chi connectivity index (χ1v) is 7.56. The van der Waals surface area contributed by atoms with Crippen LogP contribution in [0.25, 0.3) is 0 Å². The third-order valence-corrected chi connectivity index (χ3v) is 3.00. The van der Waals surface area contributed by atoms with Crippen LogP contribution < -0.4 is 10.6 Å². The SMILES string of the molecule is CCCCCCNC(=NCc1cccc(O)c1)NCC.I. The molecule has 0 atom stereocenters. The summed E-state index contributed by atoms with van der Waals surface area (Å²) in [6.45, 7) is 6.64. The van der Waals surface area contributed by atoms with Gasteiger partial charge in [0.2, 0.25) is 0 Å². The molecule has 3 N–H and O–H groups in total. The van der Waals surface area contributed by atoms with Gasteiger partial charge in [-0.05, 0) is 31.0 Å². The van der Waals surface area contributed by atoms with E-state index in [0.717, 1.165) is 24.6 Å². The van der Waals surface area contributed by atoms with Gasteiger partial charge in [-0.15, -0.1) is 24.0 Å². The normalized spacial score (nSPS) is 10.9. The second kappa shape index (κ2) is 12.7. The highest BCUT2D eigenvalue weighted by Crippen LogP contribution is 2.11. The first-order chi connectivity index (χ1) is 9.76. The topological polar surface area (TPSA) is 56.7 Å². The number of hydrogen-bond acceptors (Lipinski definition) is 2. The molecule has 0 unspecified atom stereocenters. The molecular weight excluding hydrogens is 377 g/mol. The third kappa shape index (κ3) is 9.55. The molecule has 0 amide bonds. The van der Waals surface area contributed by atoms with Crippen molar-refractivity contribution >= 4 is 29.9 Å². The molecule has 0 fully saturated rings. The Morgan fingerprint density at radius 2 is 1.95 bits per heavy atom. The van der Waals surface area contributed by atoms with Gasteiger partial charge in [-0.3, -0.25) is 0 Å². The van der Waals surface area contributed by atoms with Crippen LogP contribution in [0.1, 0.15) is 45.1 Å². The van der Waals surface area contributed by atoms with Crippen molar-refractivity contribution in [2.45, 2.75) is 46.1 Å². The first kappa shape index (κ1) is 20.0. The molecule has 0 saturated carbocycles. The summed E-state index contributed by atoms with van der Waals surface area (Å²) >= 11 is 0. The van der Waals surface area contributed by atoms with E-state index < -0.39 is 0 Å². The van der Waals surface area contributed by atoms with Crippen LogP contribution in [0.15, 0.2) is 29.3 Å². The van der Waals surface area contributed by atoms with E-state index >= 15 is 0 Å². The lowest BCUT2D eigenvalue weighted by atomic mass is 10.2. The van der Waals surface area contributed by atoms with Crippen LogP contribution in [-0.2, 0) is 6.54 Å². The van der Waals surface area contributed by atoms with E-state index in [0.29, 0.717) is 6.54 Å². The molecular formula is C16H28IN3O. The predicted octanol–water partition coefficient (Wildman–Crippen LogP) is 3.65.